The molecular formula is C18H18FN5O7. The number of imidazole rings is 1. The fourth-order valence-corrected chi connectivity index (χ4v) is 2.66. The van der Waals surface area contributed by atoms with Crippen LogP contribution in [0.4, 0.5) is 15.0 Å². The average molecular weight is 435 g/mol. The van der Waals surface area contributed by atoms with Crippen molar-refractivity contribution >= 4 is 23.1 Å². The van der Waals surface area contributed by atoms with Gasteiger partial charge in [0.1, 0.15) is 12.1 Å². The quantitative estimate of drug-likeness (QED) is 0.307. The fourth-order valence-electron chi connectivity index (χ4n) is 2.66. The Hall–Kier alpha value is -3.92. The Morgan fingerprint density at radius 1 is 1.39 bits per heavy atom. The first kappa shape index (κ1) is 21.8. The number of aryl methyl sites for hydroxylation is 2. The van der Waals surface area contributed by atoms with Crippen molar-refractivity contribution in [2.45, 2.75) is 32.1 Å². The van der Waals surface area contributed by atoms with Crippen molar-refractivity contribution in [1.29, 1.82) is 0 Å². The lowest BCUT2D eigenvalue weighted by Gasteiger charge is -2.26. The van der Waals surface area contributed by atoms with E-state index in [2.05, 4.69) is 25.3 Å². The summed E-state index contributed by atoms with van der Waals surface area (Å²) in [6.45, 7) is 0.973. The van der Waals surface area contributed by atoms with Crippen LogP contribution in [0.25, 0.3) is 11.2 Å². The first-order chi connectivity index (χ1) is 14.8. The molecule has 0 fully saturated rings. The maximum absolute atomic E-state index is 13.5. The number of aromatic nitrogens is 4. The third kappa shape index (κ3) is 4.81. The Balaban J connectivity index is 1.61. The molecule has 31 heavy (non-hydrogen) atoms. The summed E-state index contributed by atoms with van der Waals surface area (Å²) in [6.07, 6.45) is 5.10. The molecule has 2 N–H and O–H groups in total. The van der Waals surface area contributed by atoms with Gasteiger partial charge in [-0.15, -0.1) is 6.42 Å². The summed E-state index contributed by atoms with van der Waals surface area (Å²) in [5, 5.41) is 0. The Kier molecular flexibility index (Phi) is 6.21. The van der Waals surface area contributed by atoms with Crippen molar-refractivity contribution in [3.8, 4) is 12.3 Å². The zero-order valence-corrected chi connectivity index (χ0v) is 16.6. The number of halogens is 1. The van der Waals surface area contributed by atoms with Crippen LogP contribution in [-0.4, -0.2) is 45.0 Å². The van der Waals surface area contributed by atoms with Gasteiger partial charge in [-0.05, 0) is 6.92 Å². The highest BCUT2D eigenvalue weighted by atomic mass is 19.1. The highest BCUT2D eigenvalue weighted by Gasteiger charge is 2.30. The van der Waals surface area contributed by atoms with Crippen molar-refractivity contribution in [3.63, 3.8) is 0 Å². The predicted octanol–water partition coefficient (Wildman–Crippen LogP) is 1.16. The van der Waals surface area contributed by atoms with Gasteiger partial charge >= 0.3 is 18.1 Å². The van der Waals surface area contributed by atoms with E-state index in [9.17, 15) is 14.0 Å². The summed E-state index contributed by atoms with van der Waals surface area (Å²) in [5.41, 5.74) is 4.75. The normalized spacial score (nSPS) is 13.0. The van der Waals surface area contributed by atoms with E-state index < -0.39 is 23.7 Å². The van der Waals surface area contributed by atoms with Crippen LogP contribution >= 0.6 is 0 Å². The van der Waals surface area contributed by atoms with Crippen molar-refractivity contribution in [2.24, 2.45) is 0 Å². The molecule has 0 bridgehead atoms. The van der Waals surface area contributed by atoms with Gasteiger partial charge in [0, 0.05) is 20.1 Å². The molecule has 0 radical (unpaired) electrons. The number of terminal acetylenes is 1. The lowest BCUT2D eigenvalue weighted by Crippen LogP contribution is -2.37. The van der Waals surface area contributed by atoms with E-state index >= 15 is 0 Å². The van der Waals surface area contributed by atoms with Gasteiger partial charge in [-0.2, -0.15) is 14.4 Å². The molecule has 164 valence electrons. The molecular weight excluding hydrogens is 417 g/mol. The predicted molar refractivity (Wildman–Crippen MR) is 101 cm³/mol. The van der Waals surface area contributed by atoms with E-state index in [4.69, 9.17) is 30.8 Å². The lowest BCUT2D eigenvalue weighted by atomic mass is 10.0. The average Bonchev–Trinajstić information content (AvgIpc) is 3.29. The fraction of sp³-hybridized carbons (Fsp3) is 0.389. The highest BCUT2D eigenvalue weighted by molar-refractivity contribution is 5.81. The minimum atomic E-state index is -1.31. The number of carbonyl (C=O) groups excluding carboxylic acids is 1. The summed E-state index contributed by atoms with van der Waals surface area (Å²) in [7, 11) is 1.35. The molecule has 3 rings (SSSR count). The molecule has 0 saturated carbocycles. The third-order valence-electron chi connectivity index (χ3n) is 4.45. The minimum Gasteiger partial charge on any atom is -0.430 e. The van der Waals surface area contributed by atoms with E-state index in [1.807, 2.05) is 0 Å². The molecule has 0 aromatic carbocycles. The molecule has 12 nitrogen and oxygen atoms in total. The van der Waals surface area contributed by atoms with Crippen molar-refractivity contribution in [3.05, 3.63) is 34.5 Å². The van der Waals surface area contributed by atoms with Gasteiger partial charge in [0.2, 0.25) is 0 Å². The van der Waals surface area contributed by atoms with Crippen LogP contribution in [0, 0.1) is 25.3 Å². The Labute approximate surface area is 174 Å². The smallest absolute Gasteiger partial charge is 0.430 e. The number of carbonyl (C=O) groups is 1. The van der Waals surface area contributed by atoms with E-state index in [0.29, 0.717) is 0 Å². The van der Waals surface area contributed by atoms with Gasteiger partial charge in [-0.3, -0.25) is 0 Å². The molecule has 0 spiro atoms. The molecule has 1 unspecified atom stereocenters. The van der Waals surface area contributed by atoms with Gasteiger partial charge in [0.15, 0.2) is 35.2 Å². The van der Waals surface area contributed by atoms with Crippen LogP contribution in [0.3, 0.4) is 0 Å². The van der Waals surface area contributed by atoms with Crippen LogP contribution in [0.5, 0.6) is 0 Å². The largest absolute Gasteiger partial charge is 0.519 e. The van der Waals surface area contributed by atoms with Crippen LogP contribution in [0.15, 0.2) is 20.0 Å². The van der Waals surface area contributed by atoms with Crippen LogP contribution < -0.4 is 11.6 Å². The van der Waals surface area contributed by atoms with Gasteiger partial charge in [0.05, 0.1) is 6.33 Å². The number of hydrogen-bond donors (Lipinski definition) is 1. The molecule has 3 heterocycles. The molecule has 0 saturated heterocycles. The van der Waals surface area contributed by atoms with Gasteiger partial charge in [-0.1, -0.05) is 5.92 Å². The molecule has 13 heteroatoms. The third-order valence-corrected chi connectivity index (χ3v) is 4.45. The van der Waals surface area contributed by atoms with Crippen LogP contribution in [0.2, 0.25) is 0 Å². The highest BCUT2D eigenvalue weighted by Crippen LogP contribution is 2.21. The molecule has 3 aromatic heterocycles. The second-order valence-electron chi connectivity index (χ2n) is 6.34. The van der Waals surface area contributed by atoms with E-state index in [1.54, 1.807) is 0 Å². The van der Waals surface area contributed by atoms with Gasteiger partial charge in [0.25, 0.3) is 0 Å². The second-order valence-corrected chi connectivity index (χ2v) is 6.34. The number of anilines is 1. The number of nitrogens with zero attached hydrogens (tertiary/aromatic N) is 4. The maximum Gasteiger partial charge on any atom is 0.519 e. The van der Waals surface area contributed by atoms with Crippen molar-refractivity contribution in [1.82, 2.24) is 19.5 Å². The summed E-state index contributed by atoms with van der Waals surface area (Å²) in [4.78, 5) is 34.0. The van der Waals surface area contributed by atoms with Crippen LogP contribution in [0.1, 0.15) is 17.9 Å². The van der Waals surface area contributed by atoms with Crippen molar-refractivity contribution < 1.29 is 32.2 Å². The topological polar surface area (TPSA) is 158 Å². The molecule has 0 aliphatic carbocycles. The van der Waals surface area contributed by atoms with E-state index in [1.165, 1.54) is 24.9 Å². The number of nitrogen functional groups attached to an aromatic ring is 1. The van der Waals surface area contributed by atoms with E-state index in [0.717, 1.165) is 0 Å². The molecule has 0 amide bonds. The summed E-state index contributed by atoms with van der Waals surface area (Å²) in [5.74, 6) is 1.68. The van der Waals surface area contributed by atoms with Crippen LogP contribution in [-0.2, 0) is 27.4 Å². The van der Waals surface area contributed by atoms with Gasteiger partial charge in [-0.25, -0.2) is 14.6 Å². The number of hydrogen-bond acceptors (Lipinski definition) is 11. The number of fused-ring (bicyclic) bond motifs is 1. The number of methoxy groups -OCH3 is 1. The number of rotatable bonds is 8. The summed E-state index contributed by atoms with van der Waals surface area (Å²) < 4.78 is 39.7. The summed E-state index contributed by atoms with van der Waals surface area (Å²) in [6, 6.07) is 0. The Bertz CT molecular complexity index is 1190. The first-order valence-electron chi connectivity index (χ1n) is 8.82. The SMILES string of the molecule is C#CC(CCn1cnc2c(N)nc(F)nc21)(COC(=O)OCc1oc(=O)oc1C)OC. The lowest BCUT2D eigenvalue weighted by molar-refractivity contribution is -0.0414. The Morgan fingerprint density at radius 2 is 2.16 bits per heavy atom. The number of nitrogens with two attached hydrogens (primary N) is 1. The molecule has 3 aromatic rings. The second kappa shape index (κ2) is 8.84. The first-order valence-corrected chi connectivity index (χ1v) is 8.82. The minimum absolute atomic E-state index is 0.0531. The van der Waals surface area contributed by atoms with E-state index in [-0.39, 0.29) is 54.7 Å². The Morgan fingerprint density at radius 3 is 2.81 bits per heavy atom. The monoisotopic (exact) mass is 435 g/mol. The van der Waals surface area contributed by atoms with Gasteiger partial charge < -0.3 is 33.3 Å². The molecule has 0 aliphatic heterocycles. The molecule has 1 atom stereocenters. The number of ether oxygens (including phenoxy) is 3. The molecule has 0 aliphatic rings. The zero-order valence-electron chi connectivity index (χ0n) is 16.6. The maximum atomic E-state index is 13.5. The zero-order chi connectivity index (χ0) is 22.6. The standard InChI is InChI=1S/C18H18FN5O7/c1-4-18(27-3,8-29-16(25)28-7-11-10(2)30-17(26)31-11)5-6-24-9-21-12-13(20)22-15(19)23-14(12)24/h1,9H,5-8H2,2-3H3,(H2,20,22,23). The van der Waals surface area contributed by atoms with Crippen molar-refractivity contribution in [2.75, 3.05) is 19.5 Å². The summed E-state index contributed by atoms with van der Waals surface area (Å²) >= 11 is 0.